The van der Waals surface area contributed by atoms with Gasteiger partial charge in [0.1, 0.15) is 5.75 Å². The summed E-state index contributed by atoms with van der Waals surface area (Å²) in [7, 11) is 0. The first-order valence-electron chi connectivity index (χ1n) is 6.78. The van der Waals surface area contributed by atoms with E-state index in [0.29, 0.717) is 10.9 Å². The Morgan fingerprint density at radius 2 is 1.74 bits per heavy atom. The molecule has 4 N–H and O–H groups in total. The number of aliphatic hydroxyl groups is 1. The van der Waals surface area contributed by atoms with Crippen LogP contribution >= 0.6 is 0 Å². The number of aromatic amines is 1. The number of nitrogens with one attached hydrogen (secondary N) is 1. The summed E-state index contributed by atoms with van der Waals surface area (Å²) in [5.74, 6) is -1.05. The van der Waals surface area contributed by atoms with E-state index in [1.807, 2.05) is 0 Å². The van der Waals surface area contributed by atoms with E-state index in [1.54, 1.807) is 24.3 Å². The molecule has 0 aliphatic rings. The second kappa shape index (κ2) is 5.90. The first-order chi connectivity index (χ1) is 11.1. The topological polar surface area (TPSA) is 118 Å². The summed E-state index contributed by atoms with van der Waals surface area (Å²) in [5, 5.41) is 36.8. The maximum absolute atomic E-state index is 11.9. The summed E-state index contributed by atoms with van der Waals surface area (Å²) >= 11 is 0. The molecule has 0 aliphatic heterocycles. The number of carbonyl (C=O) groups excluding carboxylic acids is 1. The second-order valence-corrected chi connectivity index (χ2v) is 4.90. The molecule has 7 heteroatoms. The summed E-state index contributed by atoms with van der Waals surface area (Å²) in [4.78, 5) is 14.6. The molecule has 0 spiro atoms. The third kappa shape index (κ3) is 2.90. The number of benzene rings is 2. The van der Waals surface area contributed by atoms with E-state index in [4.69, 9.17) is 0 Å². The number of para-hydroxylation sites is 1. The molecule has 1 heterocycles. The third-order valence-corrected chi connectivity index (χ3v) is 3.35. The van der Waals surface area contributed by atoms with Crippen LogP contribution in [0, 0.1) is 0 Å². The summed E-state index contributed by atoms with van der Waals surface area (Å²) in [6.45, 7) is 0. The van der Waals surface area contributed by atoms with Crippen LogP contribution in [-0.2, 0) is 4.79 Å². The zero-order valence-electron chi connectivity index (χ0n) is 11.8. The number of hydrogen-bond acceptors (Lipinski definition) is 5. The Hall–Kier alpha value is -3.19. The summed E-state index contributed by atoms with van der Waals surface area (Å²) < 4.78 is 0. The highest BCUT2D eigenvalue weighted by atomic mass is 16.3. The molecular formula is C16H13N3O4. The van der Waals surface area contributed by atoms with Gasteiger partial charge in [-0.3, -0.25) is 4.79 Å². The maximum Gasteiger partial charge on any atom is 0.297 e. The van der Waals surface area contributed by atoms with Gasteiger partial charge in [-0.25, -0.2) is 0 Å². The lowest BCUT2D eigenvalue weighted by molar-refractivity contribution is -0.126. The maximum atomic E-state index is 11.9. The van der Waals surface area contributed by atoms with E-state index in [-0.39, 0.29) is 22.9 Å². The van der Waals surface area contributed by atoms with E-state index in [2.05, 4.69) is 15.2 Å². The lowest BCUT2D eigenvalue weighted by atomic mass is 10.1. The smallest absolute Gasteiger partial charge is 0.297 e. The van der Waals surface area contributed by atoms with Crippen molar-refractivity contribution in [1.29, 1.82) is 0 Å². The van der Waals surface area contributed by atoms with Gasteiger partial charge in [-0.05, 0) is 23.8 Å². The van der Waals surface area contributed by atoms with Crippen LogP contribution in [0.5, 0.6) is 11.6 Å². The molecule has 1 amide bonds. The van der Waals surface area contributed by atoms with Crippen molar-refractivity contribution in [1.82, 2.24) is 4.98 Å². The Morgan fingerprint density at radius 3 is 2.48 bits per heavy atom. The fourth-order valence-corrected chi connectivity index (χ4v) is 2.17. The van der Waals surface area contributed by atoms with Gasteiger partial charge in [-0.2, -0.15) is 0 Å². The number of H-pyrrole nitrogens is 1. The number of aliphatic hydroxyl groups excluding tert-OH is 1. The van der Waals surface area contributed by atoms with Crippen LogP contribution in [0.1, 0.15) is 11.7 Å². The molecule has 1 aromatic heterocycles. The van der Waals surface area contributed by atoms with Crippen LogP contribution in [0.15, 0.2) is 58.8 Å². The number of phenols is 1. The molecule has 1 atom stereocenters. The van der Waals surface area contributed by atoms with Crippen molar-refractivity contribution < 1.29 is 20.1 Å². The Labute approximate surface area is 130 Å². The van der Waals surface area contributed by atoms with Crippen LogP contribution in [0.3, 0.4) is 0 Å². The fraction of sp³-hybridized carbons (Fsp3) is 0.0625. The Morgan fingerprint density at radius 1 is 1.04 bits per heavy atom. The SMILES string of the molecule is O=C(N=Nc1c(O)[nH]c2ccccc12)C(O)c1ccc(O)cc1. The van der Waals surface area contributed by atoms with Gasteiger partial charge < -0.3 is 20.3 Å². The summed E-state index contributed by atoms with van der Waals surface area (Å²) in [6.07, 6.45) is -1.49. The minimum absolute atomic E-state index is 0.0266. The number of carbonyl (C=O) groups is 1. The molecule has 3 aromatic rings. The van der Waals surface area contributed by atoms with Crippen molar-refractivity contribution in [2.75, 3.05) is 0 Å². The number of aromatic hydroxyl groups is 2. The molecule has 0 radical (unpaired) electrons. The summed E-state index contributed by atoms with van der Waals surface area (Å²) in [6, 6.07) is 12.6. The predicted molar refractivity (Wildman–Crippen MR) is 82.6 cm³/mol. The molecule has 0 saturated heterocycles. The van der Waals surface area contributed by atoms with Gasteiger partial charge in [0.15, 0.2) is 11.8 Å². The van der Waals surface area contributed by atoms with Gasteiger partial charge in [0.2, 0.25) is 5.88 Å². The molecule has 116 valence electrons. The number of fused-ring (bicyclic) bond motifs is 1. The third-order valence-electron chi connectivity index (χ3n) is 3.35. The highest BCUT2D eigenvalue weighted by molar-refractivity contribution is 5.94. The van der Waals surface area contributed by atoms with E-state index in [0.717, 1.165) is 0 Å². The lowest BCUT2D eigenvalue weighted by Gasteiger charge is -2.05. The van der Waals surface area contributed by atoms with Crippen molar-refractivity contribution in [3.8, 4) is 11.6 Å². The van der Waals surface area contributed by atoms with Crippen molar-refractivity contribution in [2.45, 2.75) is 6.10 Å². The molecular weight excluding hydrogens is 298 g/mol. The molecule has 1 unspecified atom stereocenters. The zero-order chi connectivity index (χ0) is 16.4. The van der Waals surface area contributed by atoms with Gasteiger partial charge in [0, 0.05) is 5.39 Å². The van der Waals surface area contributed by atoms with Gasteiger partial charge in [0.25, 0.3) is 5.91 Å². The Bertz CT molecular complexity index is 884. The van der Waals surface area contributed by atoms with Gasteiger partial charge in [-0.1, -0.05) is 30.3 Å². The number of nitrogens with zero attached hydrogens (tertiary/aromatic N) is 2. The molecule has 0 aliphatic carbocycles. The second-order valence-electron chi connectivity index (χ2n) is 4.90. The number of aromatic nitrogens is 1. The predicted octanol–water partition coefficient (Wildman–Crippen LogP) is 2.92. The standard InChI is InChI=1S/C16H13N3O4/c20-10-7-5-9(6-8-10)14(21)16(23)19-18-13-11-3-1-2-4-12(11)17-15(13)22/h1-8,14,17,20-22H. The molecule has 0 fully saturated rings. The monoisotopic (exact) mass is 311 g/mol. The van der Waals surface area contributed by atoms with Crippen LogP contribution in [0.4, 0.5) is 5.69 Å². The van der Waals surface area contributed by atoms with Crippen molar-refractivity contribution >= 4 is 22.5 Å². The Balaban J connectivity index is 1.85. The number of azo groups is 1. The number of rotatable bonds is 3. The molecule has 2 aromatic carbocycles. The van der Waals surface area contributed by atoms with Crippen LogP contribution < -0.4 is 0 Å². The van der Waals surface area contributed by atoms with E-state index >= 15 is 0 Å². The van der Waals surface area contributed by atoms with Crippen LogP contribution in [0.25, 0.3) is 10.9 Å². The van der Waals surface area contributed by atoms with Gasteiger partial charge in [-0.15, -0.1) is 10.2 Å². The molecule has 3 rings (SSSR count). The molecule has 0 saturated carbocycles. The largest absolute Gasteiger partial charge is 0.508 e. The van der Waals surface area contributed by atoms with Crippen molar-refractivity contribution in [3.63, 3.8) is 0 Å². The highest BCUT2D eigenvalue weighted by Crippen LogP contribution is 2.35. The lowest BCUT2D eigenvalue weighted by Crippen LogP contribution is -2.08. The van der Waals surface area contributed by atoms with Crippen LogP contribution in [0.2, 0.25) is 0 Å². The number of hydrogen-bond donors (Lipinski definition) is 4. The Kier molecular flexibility index (Phi) is 3.78. The quantitative estimate of drug-likeness (QED) is 0.556. The minimum atomic E-state index is -1.49. The van der Waals surface area contributed by atoms with Gasteiger partial charge >= 0.3 is 0 Å². The van der Waals surface area contributed by atoms with Crippen LogP contribution in [-0.4, -0.2) is 26.2 Å². The zero-order valence-corrected chi connectivity index (χ0v) is 11.8. The van der Waals surface area contributed by atoms with E-state index in [1.165, 1.54) is 24.3 Å². The molecule has 7 nitrogen and oxygen atoms in total. The normalized spacial score (nSPS) is 12.7. The first-order valence-corrected chi connectivity index (χ1v) is 6.78. The highest BCUT2D eigenvalue weighted by Gasteiger charge is 2.18. The number of amides is 1. The van der Waals surface area contributed by atoms with Crippen molar-refractivity contribution in [3.05, 3.63) is 54.1 Å². The van der Waals surface area contributed by atoms with Gasteiger partial charge in [0.05, 0.1) is 5.52 Å². The van der Waals surface area contributed by atoms with E-state index in [9.17, 15) is 20.1 Å². The molecule has 23 heavy (non-hydrogen) atoms. The number of phenolic OH excluding ortho intramolecular Hbond substituents is 1. The molecule has 0 bridgehead atoms. The summed E-state index contributed by atoms with van der Waals surface area (Å²) in [5.41, 5.74) is 1.08. The first kappa shape index (κ1) is 14.7. The fourth-order valence-electron chi connectivity index (χ4n) is 2.17. The average Bonchev–Trinajstić information content (AvgIpc) is 2.88. The van der Waals surface area contributed by atoms with E-state index < -0.39 is 12.0 Å². The van der Waals surface area contributed by atoms with Crippen molar-refractivity contribution in [2.24, 2.45) is 10.2 Å². The minimum Gasteiger partial charge on any atom is -0.508 e. The average molecular weight is 311 g/mol.